The highest BCUT2D eigenvalue weighted by Gasteiger charge is 2.33. The maximum Gasteiger partial charge on any atom is 0.418 e. The fraction of sp³-hybridized carbons (Fsp3) is 0.444. The summed E-state index contributed by atoms with van der Waals surface area (Å²) in [5.41, 5.74) is -0.705. The molecule has 1 rings (SSSR count). The van der Waals surface area contributed by atoms with Gasteiger partial charge in [-0.2, -0.15) is 13.2 Å². The van der Waals surface area contributed by atoms with Crippen molar-refractivity contribution in [2.45, 2.75) is 25.6 Å². The van der Waals surface area contributed by atoms with E-state index in [4.69, 9.17) is 5.11 Å². The molecular weight excluding hydrogens is 195 g/mol. The first-order valence-electron chi connectivity index (χ1n) is 4.09. The molecule has 0 saturated heterocycles. The van der Waals surface area contributed by atoms with Crippen molar-refractivity contribution in [3.63, 3.8) is 0 Å². The van der Waals surface area contributed by atoms with Crippen LogP contribution in [0.15, 0.2) is 18.5 Å². The molecule has 14 heavy (non-hydrogen) atoms. The van der Waals surface area contributed by atoms with Crippen molar-refractivity contribution in [3.8, 4) is 0 Å². The van der Waals surface area contributed by atoms with Crippen LogP contribution in [-0.2, 0) is 12.6 Å². The number of nitrogens with zero attached hydrogens (tertiary/aromatic N) is 1. The molecule has 0 radical (unpaired) electrons. The number of hydrogen-bond donors (Lipinski definition) is 1. The molecule has 0 bridgehead atoms. The van der Waals surface area contributed by atoms with Crippen LogP contribution in [0.4, 0.5) is 13.2 Å². The van der Waals surface area contributed by atoms with Crippen LogP contribution in [0.2, 0.25) is 0 Å². The highest BCUT2D eigenvalue weighted by Crippen LogP contribution is 2.31. The van der Waals surface area contributed by atoms with E-state index in [1.165, 1.54) is 19.2 Å². The standard InChI is InChI=1S/C9H10F3NO/c1-6(14)4-7-2-3-13-5-8(7)9(10,11)12/h2-3,5-6,14H,4H2,1H3/t6-/m1/s1. The summed E-state index contributed by atoms with van der Waals surface area (Å²) >= 11 is 0. The summed E-state index contributed by atoms with van der Waals surface area (Å²) in [6.45, 7) is 1.45. The normalized spacial score (nSPS) is 14.1. The highest BCUT2D eigenvalue weighted by molar-refractivity contribution is 5.26. The molecule has 1 N–H and O–H groups in total. The van der Waals surface area contributed by atoms with Crippen molar-refractivity contribution in [2.24, 2.45) is 0 Å². The zero-order chi connectivity index (χ0) is 10.8. The first kappa shape index (κ1) is 11.0. The number of aliphatic hydroxyl groups excluding tert-OH is 1. The monoisotopic (exact) mass is 205 g/mol. The lowest BCUT2D eigenvalue weighted by molar-refractivity contribution is -0.138. The fourth-order valence-corrected chi connectivity index (χ4v) is 1.17. The van der Waals surface area contributed by atoms with E-state index in [-0.39, 0.29) is 12.0 Å². The second-order valence-corrected chi connectivity index (χ2v) is 3.08. The molecular formula is C9H10F3NO. The smallest absolute Gasteiger partial charge is 0.393 e. The summed E-state index contributed by atoms with van der Waals surface area (Å²) in [6.07, 6.45) is -3.15. The Bertz CT molecular complexity index is 309. The highest BCUT2D eigenvalue weighted by atomic mass is 19.4. The predicted octanol–water partition coefficient (Wildman–Crippen LogP) is 2.02. The van der Waals surface area contributed by atoms with Gasteiger partial charge in [0, 0.05) is 12.4 Å². The molecule has 1 atom stereocenters. The number of hydrogen-bond acceptors (Lipinski definition) is 2. The molecule has 0 aliphatic heterocycles. The van der Waals surface area contributed by atoms with Gasteiger partial charge in [0.15, 0.2) is 0 Å². The Kier molecular flexibility index (Phi) is 3.10. The Labute approximate surface area is 79.4 Å². The van der Waals surface area contributed by atoms with Gasteiger partial charge in [0.2, 0.25) is 0 Å². The number of pyridine rings is 1. The van der Waals surface area contributed by atoms with E-state index in [1.54, 1.807) is 0 Å². The van der Waals surface area contributed by atoms with Gasteiger partial charge < -0.3 is 5.11 Å². The molecule has 0 fully saturated rings. The van der Waals surface area contributed by atoms with Gasteiger partial charge in [-0.25, -0.2) is 0 Å². The summed E-state index contributed by atoms with van der Waals surface area (Å²) in [5, 5.41) is 9.01. The van der Waals surface area contributed by atoms with Crippen molar-refractivity contribution < 1.29 is 18.3 Å². The lowest BCUT2D eigenvalue weighted by atomic mass is 10.0. The second-order valence-electron chi connectivity index (χ2n) is 3.08. The molecule has 0 spiro atoms. The average molecular weight is 205 g/mol. The molecule has 0 aliphatic carbocycles. The fourth-order valence-electron chi connectivity index (χ4n) is 1.17. The van der Waals surface area contributed by atoms with Crippen molar-refractivity contribution in [3.05, 3.63) is 29.6 Å². The molecule has 1 heterocycles. The van der Waals surface area contributed by atoms with E-state index in [0.717, 1.165) is 6.20 Å². The molecule has 5 heteroatoms. The molecule has 1 aromatic rings. The minimum absolute atomic E-state index is 0.0165. The van der Waals surface area contributed by atoms with Gasteiger partial charge in [0.05, 0.1) is 11.7 Å². The Hall–Kier alpha value is -1.10. The van der Waals surface area contributed by atoms with E-state index >= 15 is 0 Å². The summed E-state index contributed by atoms with van der Waals surface area (Å²) in [6, 6.07) is 1.27. The zero-order valence-corrected chi connectivity index (χ0v) is 7.54. The first-order valence-corrected chi connectivity index (χ1v) is 4.09. The van der Waals surface area contributed by atoms with Gasteiger partial charge in [-0.3, -0.25) is 4.98 Å². The first-order chi connectivity index (χ1) is 6.41. The van der Waals surface area contributed by atoms with Crippen molar-refractivity contribution in [2.75, 3.05) is 0 Å². The quantitative estimate of drug-likeness (QED) is 0.801. The lowest BCUT2D eigenvalue weighted by Crippen LogP contribution is -2.13. The van der Waals surface area contributed by atoms with Gasteiger partial charge in [0.1, 0.15) is 0 Å². The Balaban J connectivity index is 3.04. The average Bonchev–Trinajstić information content (AvgIpc) is 2.01. The van der Waals surface area contributed by atoms with Gasteiger partial charge in [-0.05, 0) is 25.0 Å². The summed E-state index contributed by atoms with van der Waals surface area (Å²) < 4.78 is 37.1. The molecule has 0 aromatic carbocycles. The summed E-state index contributed by atoms with van der Waals surface area (Å²) in [7, 11) is 0. The van der Waals surface area contributed by atoms with Crippen LogP contribution in [0.3, 0.4) is 0 Å². The Morgan fingerprint density at radius 1 is 1.50 bits per heavy atom. The predicted molar refractivity (Wildman–Crippen MR) is 44.6 cm³/mol. The zero-order valence-electron chi connectivity index (χ0n) is 7.54. The molecule has 0 saturated carbocycles. The van der Waals surface area contributed by atoms with Gasteiger partial charge in [-0.15, -0.1) is 0 Å². The maximum absolute atomic E-state index is 12.4. The minimum atomic E-state index is -4.40. The van der Waals surface area contributed by atoms with Crippen molar-refractivity contribution in [1.82, 2.24) is 4.98 Å². The third-order valence-electron chi connectivity index (χ3n) is 1.73. The Morgan fingerprint density at radius 2 is 2.14 bits per heavy atom. The molecule has 2 nitrogen and oxygen atoms in total. The molecule has 78 valence electrons. The van der Waals surface area contributed by atoms with E-state index in [0.29, 0.717) is 0 Å². The van der Waals surface area contributed by atoms with Crippen LogP contribution in [-0.4, -0.2) is 16.2 Å². The largest absolute Gasteiger partial charge is 0.418 e. The molecule has 0 aliphatic rings. The van der Waals surface area contributed by atoms with Crippen LogP contribution in [0.5, 0.6) is 0 Å². The minimum Gasteiger partial charge on any atom is -0.393 e. The van der Waals surface area contributed by atoms with E-state index in [9.17, 15) is 13.2 Å². The van der Waals surface area contributed by atoms with E-state index in [1.807, 2.05) is 0 Å². The maximum atomic E-state index is 12.4. The van der Waals surface area contributed by atoms with Gasteiger partial charge >= 0.3 is 6.18 Å². The number of aromatic nitrogens is 1. The van der Waals surface area contributed by atoms with Crippen molar-refractivity contribution >= 4 is 0 Å². The van der Waals surface area contributed by atoms with Crippen LogP contribution < -0.4 is 0 Å². The van der Waals surface area contributed by atoms with Crippen LogP contribution in [0, 0.1) is 0 Å². The molecule has 1 aromatic heterocycles. The van der Waals surface area contributed by atoms with E-state index < -0.39 is 17.8 Å². The number of rotatable bonds is 2. The third kappa shape index (κ3) is 2.70. The summed E-state index contributed by atoms with van der Waals surface area (Å²) in [4.78, 5) is 3.42. The van der Waals surface area contributed by atoms with Crippen molar-refractivity contribution in [1.29, 1.82) is 0 Å². The Morgan fingerprint density at radius 3 is 2.64 bits per heavy atom. The third-order valence-corrected chi connectivity index (χ3v) is 1.73. The van der Waals surface area contributed by atoms with Crippen LogP contribution >= 0.6 is 0 Å². The summed E-state index contributed by atoms with van der Waals surface area (Å²) in [5.74, 6) is 0. The molecule has 0 amide bonds. The number of alkyl halides is 3. The second kappa shape index (κ2) is 3.96. The van der Waals surface area contributed by atoms with Crippen LogP contribution in [0.25, 0.3) is 0 Å². The topological polar surface area (TPSA) is 33.1 Å². The van der Waals surface area contributed by atoms with Gasteiger partial charge in [0.25, 0.3) is 0 Å². The van der Waals surface area contributed by atoms with Crippen LogP contribution in [0.1, 0.15) is 18.1 Å². The number of aliphatic hydroxyl groups is 1. The number of halogens is 3. The van der Waals surface area contributed by atoms with E-state index in [2.05, 4.69) is 4.98 Å². The SMILES string of the molecule is C[C@@H](O)Cc1ccncc1C(F)(F)F. The lowest BCUT2D eigenvalue weighted by Gasteiger charge is -2.12. The van der Waals surface area contributed by atoms with Gasteiger partial charge in [-0.1, -0.05) is 0 Å². The molecule has 0 unspecified atom stereocenters.